The molecule has 1 aliphatic rings. The molecule has 0 spiro atoms. The Hall–Kier alpha value is -0.860. The van der Waals surface area contributed by atoms with Gasteiger partial charge >= 0.3 is 0 Å². The van der Waals surface area contributed by atoms with E-state index in [1.807, 2.05) is 0 Å². The SMILES string of the molecule is CC(NCC1(C)CCCO1)c1ccc(C(C)(C)C)cc1. The van der Waals surface area contributed by atoms with Gasteiger partial charge in [0.2, 0.25) is 0 Å². The number of hydrogen-bond acceptors (Lipinski definition) is 2. The summed E-state index contributed by atoms with van der Waals surface area (Å²) >= 11 is 0. The number of ether oxygens (including phenoxy) is 1. The minimum absolute atomic E-state index is 0.0274. The summed E-state index contributed by atoms with van der Waals surface area (Å²) in [6, 6.07) is 9.36. The molecule has 1 aromatic rings. The first-order valence-corrected chi connectivity index (χ1v) is 7.78. The molecule has 2 heteroatoms. The third-order valence-corrected chi connectivity index (χ3v) is 4.36. The van der Waals surface area contributed by atoms with Gasteiger partial charge in [-0.3, -0.25) is 0 Å². The lowest BCUT2D eigenvalue weighted by Crippen LogP contribution is -2.38. The third-order valence-electron chi connectivity index (χ3n) is 4.36. The Morgan fingerprint density at radius 1 is 1.25 bits per heavy atom. The van der Waals surface area contributed by atoms with E-state index in [-0.39, 0.29) is 11.0 Å². The number of rotatable bonds is 4. The molecule has 0 saturated carbocycles. The molecule has 0 radical (unpaired) electrons. The highest BCUT2D eigenvalue weighted by Gasteiger charge is 2.29. The molecule has 1 fully saturated rings. The maximum Gasteiger partial charge on any atom is 0.0779 e. The maximum absolute atomic E-state index is 5.83. The molecule has 0 aliphatic carbocycles. The average molecular weight is 275 g/mol. The van der Waals surface area contributed by atoms with Crippen LogP contribution in [0.15, 0.2) is 24.3 Å². The number of nitrogens with one attached hydrogen (secondary N) is 1. The first-order chi connectivity index (χ1) is 9.30. The normalized spacial score (nSPS) is 24.9. The van der Waals surface area contributed by atoms with Gasteiger partial charge < -0.3 is 10.1 Å². The van der Waals surface area contributed by atoms with Crippen molar-refractivity contribution in [1.82, 2.24) is 5.32 Å². The van der Waals surface area contributed by atoms with Crippen LogP contribution in [0.4, 0.5) is 0 Å². The van der Waals surface area contributed by atoms with E-state index in [9.17, 15) is 0 Å². The second-order valence-electron chi connectivity index (χ2n) is 7.38. The minimum Gasteiger partial charge on any atom is -0.374 e. The van der Waals surface area contributed by atoms with E-state index in [0.717, 1.165) is 19.6 Å². The van der Waals surface area contributed by atoms with Gasteiger partial charge in [0.05, 0.1) is 5.60 Å². The molecule has 2 rings (SSSR count). The molecule has 1 aromatic carbocycles. The lowest BCUT2D eigenvalue weighted by Gasteiger charge is -2.26. The second kappa shape index (κ2) is 5.87. The van der Waals surface area contributed by atoms with Crippen LogP contribution in [0.1, 0.15) is 64.6 Å². The summed E-state index contributed by atoms with van der Waals surface area (Å²) in [6.45, 7) is 13.0. The van der Waals surface area contributed by atoms with Crippen LogP contribution in [0.3, 0.4) is 0 Å². The van der Waals surface area contributed by atoms with Crippen LogP contribution in [0.25, 0.3) is 0 Å². The Labute approximate surface area is 123 Å². The molecule has 2 unspecified atom stereocenters. The minimum atomic E-state index is 0.0274. The Morgan fingerprint density at radius 2 is 1.90 bits per heavy atom. The van der Waals surface area contributed by atoms with Gasteiger partial charge in [0.25, 0.3) is 0 Å². The summed E-state index contributed by atoms with van der Waals surface area (Å²) in [4.78, 5) is 0. The van der Waals surface area contributed by atoms with E-state index in [1.54, 1.807) is 0 Å². The quantitative estimate of drug-likeness (QED) is 0.889. The molecule has 0 aromatic heterocycles. The van der Waals surface area contributed by atoms with Crippen LogP contribution in [-0.2, 0) is 10.2 Å². The summed E-state index contributed by atoms with van der Waals surface area (Å²) in [6.07, 6.45) is 2.35. The van der Waals surface area contributed by atoms with E-state index in [4.69, 9.17) is 4.74 Å². The highest BCUT2D eigenvalue weighted by atomic mass is 16.5. The Morgan fingerprint density at radius 3 is 2.40 bits per heavy atom. The van der Waals surface area contributed by atoms with Gasteiger partial charge in [0.1, 0.15) is 0 Å². The van der Waals surface area contributed by atoms with Crippen molar-refractivity contribution in [1.29, 1.82) is 0 Å². The topological polar surface area (TPSA) is 21.3 Å². The lowest BCUT2D eigenvalue weighted by molar-refractivity contribution is 0.0191. The molecule has 1 heterocycles. The molecular formula is C18H29NO. The monoisotopic (exact) mass is 275 g/mol. The van der Waals surface area contributed by atoms with Gasteiger partial charge in [0, 0.05) is 19.2 Å². The third kappa shape index (κ3) is 3.83. The van der Waals surface area contributed by atoms with Crippen molar-refractivity contribution < 1.29 is 4.74 Å². The van der Waals surface area contributed by atoms with Crippen molar-refractivity contribution in [3.05, 3.63) is 35.4 Å². The Kier molecular flexibility index (Phi) is 4.55. The first kappa shape index (κ1) is 15.5. The van der Waals surface area contributed by atoms with Gasteiger partial charge in [-0.1, -0.05) is 45.0 Å². The van der Waals surface area contributed by atoms with Crippen molar-refractivity contribution in [2.75, 3.05) is 13.2 Å². The summed E-state index contributed by atoms with van der Waals surface area (Å²) in [5.41, 5.74) is 2.99. The van der Waals surface area contributed by atoms with Crippen molar-refractivity contribution in [3.8, 4) is 0 Å². The Bertz CT molecular complexity index is 424. The Balaban J connectivity index is 1.94. The first-order valence-electron chi connectivity index (χ1n) is 7.78. The molecule has 0 bridgehead atoms. The zero-order chi connectivity index (χ0) is 14.8. The molecular weight excluding hydrogens is 246 g/mol. The highest BCUT2D eigenvalue weighted by molar-refractivity contribution is 5.29. The molecule has 1 saturated heterocycles. The zero-order valence-corrected chi connectivity index (χ0v) is 13.6. The largest absolute Gasteiger partial charge is 0.374 e. The summed E-state index contributed by atoms with van der Waals surface area (Å²) in [5, 5.41) is 3.61. The molecule has 2 nitrogen and oxygen atoms in total. The average Bonchev–Trinajstić information content (AvgIpc) is 2.83. The molecule has 1 N–H and O–H groups in total. The van der Waals surface area contributed by atoms with Gasteiger partial charge in [-0.15, -0.1) is 0 Å². The van der Waals surface area contributed by atoms with Crippen molar-refractivity contribution in [3.63, 3.8) is 0 Å². The zero-order valence-electron chi connectivity index (χ0n) is 13.6. The van der Waals surface area contributed by atoms with Crippen LogP contribution < -0.4 is 5.32 Å². The number of benzene rings is 1. The lowest BCUT2D eigenvalue weighted by atomic mass is 9.86. The van der Waals surface area contributed by atoms with E-state index in [0.29, 0.717) is 6.04 Å². The smallest absolute Gasteiger partial charge is 0.0779 e. The summed E-state index contributed by atoms with van der Waals surface area (Å²) in [5.74, 6) is 0. The maximum atomic E-state index is 5.83. The second-order valence-corrected chi connectivity index (χ2v) is 7.38. The molecule has 2 atom stereocenters. The van der Waals surface area contributed by atoms with Crippen LogP contribution in [0, 0.1) is 0 Å². The van der Waals surface area contributed by atoms with Crippen LogP contribution >= 0.6 is 0 Å². The van der Waals surface area contributed by atoms with Gasteiger partial charge in [-0.2, -0.15) is 0 Å². The summed E-state index contributed by atoms with van der Waals surface area (Å²) in [7, 11) is 0. The van der Waals surface area contributed by atoms with Crippen molar-refractivity contribution in [2.24, 2.45) is 0 Å². The van der Waals surface area contributed by atoms with E-state index < -0.39 is 0 Å². The predicted molar refractivity (Wildman–Crippen MR) is 85.2 cm³/mol. The van der Waals surface area contributed by atoms with Crippen LogP contribution in [0.5, 0.6) is 0 Å². The van der Waals surface area contributed by atoms with Crippen molar-refractivity contribution >= 4 is 0 Å². The molecule has 1 aliphatic heterocycles. The molecule has 112 valence electrons. The van der Waals surface area contributed by atoms with Crippen LogP contribution in [0.2, 0.25) is 0 Å². The fourth-order valence-electron chi connectivity index (χ4n) is 2.73. The van der Waals surface area contributed by atoms with Crippen molar-refractivity contribution in [2.45, 2.75) is 64.5 Å². The highest BCUT2D eigenvalue weighted by Crippen LogP contribution is 2.26. The molecule has 0 amide bonds. The van der Waals surface area contributed by atoms with Crippen LogP contribution in [-0.4, -0.2) is 18.8 Å². The van der Waals surface area contributed by atoms with Gasteiger partial charge in [-0.05, 0) is 43.2 Å². The van der Waals surface area contributed by atoms with E-state index in [1.165, 1.54) is 17.5 Å². The standard InChI is InChI=1S/C18H29NO/c1-14(19-13-18(5)11-6-12-20-18)15-7-9-16(10-8-15)17(2,3)4/h7-10,14,19H,6,11-13H2,1-5H3. The molecule has 20 heavy (non-hydrogen) atoms. The number of hydrogen-bond donors (Lipinski definition) is 1. The van der Waals surface area contributed by atoms with E-state index in [2.05, 4.69) is 64.2 Å². The fourth-order valence-corrected chi connectivity index (χ4v) is 2.73. The predicted octanol–water partition coefficient (Wildman–Crippen LogP) is 4.20. The van der Waals surface area contributed by atoms with Gasteiger partial charge in [-0.25, -0.2) is 0 Å². The fraction of sp³-hybridized carbons (Fsp3) is 0.667. The summed E-state index contributed by atoms with van der Waals surface area (Å²) < 4.78 is 5.83. The van der Waals surface area contributed by atoms with E-state index >= 15 is 0 Å². The van der Waals surface area contributed by atoms with Gasteiger partial charge in [0.15, 0.2) is 0 Å².